The van der Waals surface area contributed by atoms with Gasteiger partial charge in [-0.05, 0) is 71.7 Å². The molecule has 0 aromatic carbocycles. The number of aromatic amines is 1. The molecule has 0 aliphatic carbocycles. The van der Waals surface area contributed by atoms with Crippen LogP contribution in [-0.4, -0.2) is 127 Å². The van der Waals surface area contributed by atoms with E-state index in [0.717, 1.165) is 0 Å². The summed E-state index contributed by atoms with van der Waals surface area (Å²) in [6.07, 6.45) is 0.615. The molecule has 0 radical (unpaired) electrons. The summed E-state index contributed by atoms with van der Waals surface area (Å²) >= 11 is 0. The number of hydrogen-bond acceptors (Lipinski definition) is 14. The van der Waals surface area contributed by atoms with Gasteiger partial charge in [0.25, 0.3) is 5.56 Å². The molecule has 0 saturated carbocycles. The largest absolute Gasteiger partial charge is 0.490 e. The minimum atomic E-state index is -5.62. The van der Waals surface area contributed by atoms with Crippen molar-refractivity contribution >= 4 is 40.4 Å². The Bertz CT molecular complexity index is 1600. The maximum atomic E-state index is 12.4. The van der Waals surface area contributed by atoms with Gasteiger partial charge in [-0.2, -0.15) is 13.6 Å². The van der Waals surface area contributed by atoms with Gasteiger partial charge >= 0.3 is 23.5 Å². The third kappa shape index (κ3) is 20.8. The molecule has 2 unspecified atom stereocenters. The van der Waals surface area contributed by atoms with Crippen molar-refractivity contribution in [2.75, 3.05) is 77.8 Å². The molecule has 2 aromatic heterocycles. The molecule has 3 rings (SSSR count). The number of phosphoric ester groups is 1. The van der Waals surface area contributed by atoms with Crippen LogP contribution in [0, 0.1) is 11.8 Å². The maximum absolute atomic E-state index is 12.4. The fourth-order valence-corrected chi connectivity index (χ4v) is 8.19. The molecular formula is C32H65N8O12P3. The van der Waals surface area contributed by atoms with Crippen molar-refractivity contribution in [3.63, 3.8) is 0 Å². The number of ether oxygens (including phenoxy) is 1. The number of hydrogen-bond donors (Lipinski definition) is 7. The van der Waals surface area contributed by atoms with Crippen LogP contribution in [0.4, 0.5) is 5.95 Å². The van der Waals surface area contributed by atoms with E-state index in [1.807, 2.05) is 0 Å². The van der Waals surface area contributed by atoms with Crippen LogP contribution in [0.5, 0.6) is 0 Å². The van der Waals surface area contributed by atoms with Gasteiger partial charge in [-0.1, -0.05) is 74.2 Å². The topological polar surface area (TPSA) is 281 Å². The molecule has 1 aliphatic rings. The van der Waals surface area contributed by atoms with Crippen molar-refractivity contribution in [3.05, 3.63) is 22.1 Å². The van der Waals surface area contributed by atoms with Crippen LogP contribution in [0.3, 0.4) is 0 Å². The number of rotatable bonds is 17. The first kappa shape index (κ1) is 53.0. The Morgan fingerprint density at radius 3 is 1.71 bits per heavy atom. The second kappa shape index (κ2) is 26.8. The van der Waals surface area contributed by atoms with Crippen molar-refractivity contribution in [3.8, 4) is 11.8 Å². The summed E-state index contributed by atoms with van der Waals surface area (Å²) in [6.45, 7) is 29.8. The van der Waals surface area contributed by atoms with Crippen LogP contribution in [0.25, 0.3) is 11.0 Å². The molecule has 55 heavy (non-hydrogen) atoms. The predicted octanol–water partition coefficient (Wildman–Crippen LogP) is 3.68. The number of nitrogens with zero attached hydrogens (tertiary/aromatic N) is 5. The summed E-state index contributed by atoms with van der Waals surface area (Å²) < 4.78 is 53.1. The second-order valence-corrected chi connectivity index (χ2v) is 16.1. The number of H-pyrrole nitrogens is 1. The molecule has 9 N–H and O–H groups in total. The highest BCUT2D eigenvalue weighted by Crippen LogP contribution is 2.66. The normalized spacial score (nSPS) is 17.6. The highest BCUT2D eigenvalue weighted by Gasteiger charge is 2.41. The van der Waals surface area contributed by atoms with Gasteiger partial charge in [0.05, 0.1) is 30.2 Å². The van der Waals surface area contributed by atoms with Crippen LogP contribution in [0.15, 0.2) is 11.0 Å². The van der Waals surface area contributed by atoms with E-state index in [9.17, 15) is 28.3 Å². The molecule has 320 valence electrons. The van der Waals surface area contributed by atoms with Crippen molar-refractivity contribution in [2.45, 2.75) is 87.5 Å². The summed E-state index contributed by atoms with van der Waals surface area (Å²) in [5.41, 5.74) is 11.0. The Hall–Kier alpha value is -2.01. The fraction of sp³-hybridized carbons (Fsp3) is 0.750. The van der Waals surface area contributed by atoms with Crippen LogP contribution < -0.4 is 17.0 Å². The molecule has 1 aliphatic heterocycles. The van der Waals surface area contributed by atoms with Crippen molar-refractivity contribution < 1.29 is 51.2 Å². The summed E-state index contributed by atoms with van der Waals surface area (Å²) in [6, 6.07) is 0. The van der Waals surface area contributed by atoms with Crippen molar-refractivity contribution in [1.82, 2.24) is 29.2 Å². The second-order valence-electron chi connectivity index (χ2n) is 11.6. The van der Waals surface area contributed by atoms with E-state index < -0.39 is 48.0 Å². The molecule has 1 fully saturated rings. The Morgan fingerprint density at radius 2 is 1.31 bits per heavy atom. The maximum Gasteiger partial charge on any atom is 0.490 e. The van der Waals surface area contributed by atoms with Gasteiger partial charge in [-0.25, -0.2) is 13.7 Å². The molecule has 0 spiro atoms. The van der Waals surface area contributed by atoms with Crippen LogP contribution in [0.2, 0.25) is 0 Å². The third-order valence-electron chi connectivity index (χ3n) is 8.29. The van der Waals surface area contributed by atoms with E-state index >= 15 is 0 Å². The smallest absolute Gasteiger partial charge is 0.369 e. The standard InChI is InChI=1S/C14H20N5O12P3.3C6H15N/c15-5-1-2-8-6-19(12-11(8)13(20)18-14(16)17-12)10-4-3-9(29-10)7-28-33(24,25)31-34(26,27)30-32(21,22)23;3*1-4-7(5-2)6-3/h6,9-10H,3-5,7,15H2,(H,24,25)(H,26,27)(H2,21,22,23)(H3,16,17,18,20);3*4-6H2,1-3H3/t9-,10+;;;/m0.../s1. The summed E-state index contributed by atoms with van der Waals surface area (Å²) in [7, 11) is -16.4. The van der Waals surface area contributed by atoms with E-state index in [0.29, 0.717) is 12.0 Å². The van der Waals surface area contributed by atoms with E-state index in [2.05, 4.69) is 112 Å². The number of fused-ring (bicyclic) bond motifs is 1. The average Bonchev–Trinajstić information content (AvgIpc) is 3.73. The van der Waals surface area contributed by atoms with Crippen LogP contribution in [-0.2, 0) is 31.6 Å². The Morgan fingerprint density at radius 1 is 0.836 bits per heavy atom. The molecule has 20 nitrogen and oxygen atoms in total. The lowest BCUT2D eigenvalue weighted by Gasteiger charge is -2.19. The number of anilines is 1. The monoisotopic (exact) mass is 846 g/mol. The summed E-state index contributed by atoms with van der Waals surface area (Å²) in [5.74, 6) is 5.26. The molecule has 3 heterocycles. The third-order valence-corrected chi connectivity index (χ3v) is 12.1. The number of nitrogens with one attached hydrogen (secondary N) is 1. The number of phosphoric acid groups is 3. The van der Waals surface area contributed by atoms with E-state index in [1.54, 1.807) is 0 Å². The minimum Gasteiger partial charge on any atom is -0.369 e. The lowest BCUT2D eigenvalue weighted by molar-refractivity contribution is -0.0202. The van der Waals surface area contributed by atoms with Gasteiger partial charge in [-0.3, -0.25) is 14.3 Å². The molecule has 23 heteroatoms. The first-order valence-electron chi connectivity index (χ1n) is 18.4. The van der Waals surface area contributed by atoms with Gasteiger partial charge in [-0.15, -0.1) is 0 Å². The predicted molar refractivity (Wildman–Crippen MR) is 214 cm³/mol. The highest BCUT2D eigenvalue weighted by molar-refractivity contribution is 7.66. The van der Waals surface area contributed by atoms with E-state index in [-0.39, 0.29) is 29.9 Å². The molecule has 0 bridgehead atoms. The Balaban J connectivity index is 0.00000113. The van der Waals surface area contributed by atoms with Crippen LogP contribution >= 0.6 is 23.5 Å². The average molecular weight is 847 g/mol. The summed E-state index contributed by atoms with van der Waals surface area (Å²) in [5, 5.41) is 0.162. The highest BCUT2D eigenvalue weighted by atomic mass is 31.3. The molecule has 4 atom stereocenters. The summed E-state index contributed by atoms with van der Waals surface area (Å²) in [4.78, 5) is 61.8. The van der Waals surface area contributed by atoms with Gasteiger partial charge in [0, 0.05) is 6.20 Å². The zero-order valence-electron chi connectivity index (χ0n) is 33.7. The lowest BCUT2D eigenvalue weighted by atomic mass is 10.2. The zero-order valence-corrected chi connectivity index (χ0v) is 36.4. The number of nitrogens with two attached hydrogens (primary N) is 2. The van der Waals surface area contributed by atoms with Gasteiger partial charge in [0.1, 0.15) is 6.23 Å². The molecular weight excluding hydrogens is 781 g/mol. The van der Waals surface area contributed by atoms with Gasteiger partial charge in [0.2, 0.25) is 5.95 Å². The molecule has 1 saturated heterocycles. The first-order chi connectivity index (χ1) is 25.7. The Labute approximate surface area is 325 Å². The minimum absolute atomic E-state index is 0.0512. The number of aromatic nitrogens is 3. The Kier molecular flexibility index (Phi) is 25.8. The van der Waals surface area contributed by atoms with Crippen molar-refractivity contribution in [2.24, 2.45) is 5.73 Å². The SMILES string of the molecule is CCN(CC)CC.CCN(CC)CC.CCN(CC)CC.NCC#Cc1cn([C@H]2CC[C@@H](COP(=O)(O)OP(=O)(O)OP(=O)(O)O)O2)c2nc(N)[nH]c(=O)c12. The molecule has 2 aromatic rings. The lowest BCUT2D eigenvalue weighted by Crippen LogP contribution is -2.21. The fourth-order valence-electron chi connectivity index (χ4n) is 5.14. The van der Waals surface area contributed by atoms with E-state index in [4.69, 9.17) is 26.0 Å². The quantitative estimate of drug-likeness (QED) is 0.0883. The number of nitrogen functional groups attached to an aromatic ring is 1. The van der Waals surface area contributed by atoms with Gasteiger partial charge < -0.3 is 55.0 Å². The molecule has 0 amide bonds. The van der Waals surface area contributed by atoms with E-state index in [1.165, 1.54) is 69.7 Å². The van der Waals surface area contributed by atoms with Crippen molar-refractivity contribution in [1.29, 1.82) is 0 Å². The van der Waals surface area contributed by atoms with Crippen LogP contribution in [0.1, 0.15) is 86.9 Å². The first-order valence-corrected chi connectivity index (χ1v) is 23.0. The zero-order chi connectivity index (χ0) is 42.4. The van der Waals surface area contributed by atoms with Gasteiger partial charge in [0.15, 0.2) is 5.65 Å².